The number of nitrogens with zero attached hydrogens (tertiary/aromatic N) is 2. The largest absolute Gasteiger partial charge is 0.336 e. The molecule has 4 nitrogen and oxygen atoms in total. The Kier molecular flexibility index (Phi) is 4.67. The van der Waals surface area contributed by atoms with Crippen molar-refractivity contribution in [2.24, 2.45) is 5.92 Å². The van der Waals surface area contributed by atoms with Crippen molar-refractivity contribution in [2.45, 2.75) is 39.2 Å². The predicted octanol–water partition coefficient (Wildman–Crippen LogP) is 2.88. The molecule has 2 amide bonds. The van der Waals surface area contributed by atoms with Gasteiger partial charge < -0.3 is 10.2 Å². The molecular weight excluding hydrogens is 274 g/mol. The summed E-state index contributed by atoms with van der Waals surface area (Å²) in [5.41, 5.74) is 2.34. The van der Waals surface area contributed by atoms with E-state index in [1.165, 1.54) is 31.5 Å². The van der Waals surface area contributed by atoms with Gasteiger partial charge in [0.2, 0.25) is 0 Å². The zero-order valence-electron chi connectivity index (χ0n) is 13.7. The third-order valence-electron chi connectivity index (χ3n) is 5.01. The Hall–Kier alpha value is -1.55. The fourth-order valence-corrected chi connectivity index (χ4v) is 3.57. The number of urea groups is 1. The van der Waals surface area contributed by atoms with Gasteiger partial charge in [0.25, 0.3) is 0 Å². The summed E-state index contributed by atoms with van der Waals surface area (Å²) < 4.78 is 0. The fraction of sp³-hybridized carbons (Fsp3) is 0.611. The minimum absolute atomic E-state index is 0.0443. The third kappa shape index (κ3) is 3.27. The maximum atomic E-state index is 12.5. The second kappa shape index (κ2) is 6.69. The van der Waals surface area contributed by atoms with Crippen molar-refractivity contribution >= 4 is 11.7 Å². The normalized spacial score (nSPS) is 22.6. The second-order valence-electron chi connectivity index (χ2n) is 6.81. The van der Waals surface area contributed by atoms with Gasteiger partial charge in [0.1, 0.15) is 0 Å². The van der Waals surface area contributed by atoms with Crippen molar-refractivity contribution < 1.29 is 4.79 Å². The van der Waals surface area contributed by atoms with E-state index in [1.54, 1.807) is 0 Å². The molecule has 2 aliphatic rings. The molecule has 0 radical (unpaired) electrons. The van der Waals surface area contributed by atoms with Crippen LogP contribution in [0.5, 0.6) is 0 Å². The molecule has 1 N–H and O–H groups in total. The monoisotopic (exact) mass is 301 g/mol. The lowest BCUT2D eigenvalue weighted by molar-refractivity contribution is 0.192. The summed E-state index contributed by atoms with van der Waals surface area (Å²) in [5, 5.41) is 3.10. The Labute approximate surface area is 133 Å². The minimum Gasteiger partial charge on any atom is -0.336 e. The zero-order valence-corrected chi connectivity index (χ0v) is 13.7. The van der Waals surface area contributed by atoms with Gasteiger partial charge >= 0.3 is 6.03 Å². The number of piperidine rings is 1. The van der Waals surface area contributed by atoms with Crippen molar-refractivity contribution in [3.05, 3.63) is 29.8 Å². The smallest absolute Gasteiger partial charge is 0.322 e. The Morgan fingerprint density at radius 2 is 1.95 bits per heavy atom. The van der Waals surface area contributed by atoms with Gasteiger partial charge in [-0.15, -0.1) is 0 Å². The topological polar surface area (TPSA) is 35.6 Å². The summed E-state index contributed by atoms with van der Waals surface area (Å²) >= 11 is 0. The van der Waals surface area contributed by atoms with Gasteiger partial charge in [-0.25, -0.2) is 4.79 Å². The third-order valence-corrected chi connectivity index (χ3v) is 5.01. The minimum atomic E-state index is 0.0443. The van der Waals surface area contributed by atoms with Crippen LogP contribution in [0.1, 0.15) is 32.3 Å². The number of hydrogen-bond donors (Lipinski definition) is 1. The highest BCUT2D eigenvalue weighted by atomic mass is 16.2. The van der Waals surface area contributed by atoms with Crippen molar-refractivity contribution in [3.8, 4) is 0 Å². The number of hydrogen-bond acceptors (Lipinski definition) is 2. The Morgan fingerprint density at radius 3 is 2.73 bits per heavy atom. The number of carbonyl (C=O) groups is 1. The van der Waals surface area contributed by atoms with Crippen LogP contribution in [0.3, 0.4) is 0 Å². The van der Waals surface area contributed by atoms with Crippen molar-refractivity contribution in [1.82, 2.24) is 10.2 Å². The van der Waals surface area contributed by atoms with Crippen molar-refractivity contribution in [1.29, 1.82) is 0 Å². The van der Waals surface area contributed by atoms with Gasteiger partial charge in [0.05, 0.1) is 0 Å². The highest BCUT2D eigenvalue weighted by Crippen LogP contribution is 2.31. The number of amides is 2. The van der Waals surface area contributed by atoms with Gasteiger partial charge in [-0.1, -0.05) is 25.1 Å². The first kappa shape index (κ1) is 15.3. The summed E-state index contributed by atoms with van der Waals surface area (Å²) in [6, 6.07) is 8.51. The quantitative estimate of drug-likeness (QED) is 0.932. The van der Waals surface area contributed by atoms with Crippen LogP contribution < -0.4 is 10.2 Å². The molecule has 1 saturated heterocycles. The van der Waals surface area contributed by atoms with E-state index in [0.717, 1.165) is 31.1 Å². The van der Waals surface area contributed by atoms with Crippen LogP contribution in [0, 0.1) is 5.92 Å². The predicted molar refractivity (Wildman–Crippen MR) is 90.3 cm³/mol. The van der Waals surface area contributed by atoms with Gasteiger partial charge in [-0.2, -0.15) is 0 Å². The molecule has 0 aliphatic carbocycles. The lowest BCUT2D eigenvalue weighted by atomic mass is 9.99. The number of rotatable bonds is 3. The highest BCUT2D eigenvalue weighted by Gasteiger charge is 2.30. The fourth-order valence-electron chi connectivity index (χ4n) is 3.57. The Morgan fingerprint density at radius 1 is 1.23 bits per heavy atom. The van der Waals surface area contributed by atoms with E-state index < -0.39 is 0 Å². The number of para-hydroxylation sites is 1. The molecule has 1 fully saturated rings. The average Bonchev–Trinajstić information content (AvgIpc) is 2.85. The molecule has 2 heterocycles. The molecule has 2 aliphatic heterocycles. The maximum absolute atomic E-state index is 12.5. The number of carbonyl (C=O) groups excluding carboxylic acids is 1. The highest BCUT2D eigenvalue weighted by molar-refractivity contribution is 5.94. The van der Waals surface area contributed by atoms with Crippen LogP contribution in [0.2, 0.25) is 0 Å². The molecule has 0 spiro atoms. The number of benzene rings is 1. The molecule has 22 heavy (non-hydrogen) atoms. The summed E-state index contributed by atoms with van der Waals surface area (Å²) in [5.74, 6) is 0.854. The van der Waals surface area contributed by atoms with Gasteiger partial charge in [0, 0.05) is 24.8 Å². The first-order valence-electron chi connectivity index (χ1n) is 8.52. The molecule has 1 unspecified atom stereocenters. The molecule has 1 aromatic carbocycles. The van der Waals surface area contributed by atoms with E-state index in [9.17, 15) is 4.79 Å². The van der Waals surface area contributed by atoms with E-state index >= 15 is 0 Å². The molecule has 120 valence electrons. The summed E-state index contributed by atoms with van der Waals surface area (Å²) in [7, 11) is 0. The van der Waals surface area contributed by atoms with Crippen LogP contribution in [0.25, 0.3) is 0 Å². The molecule has 1 atom stereocenters. The molecule has 0 aromatic heterocycles. The number of fused-ring (bicyclic) bond motifs is 1. The SMILES string of the molecule is CC1CCN(CCNC(=O)N2c3ccccc3CC2C)CC1. The summed E-state index contributed by atoms with van der Waals surface area (Å²) in [4.78, 5) is 16.9. The summed E-state index contributed by atoms with van der Waals surface area (Å²) in [6.07, 6.45) is 3.52. The van der Waals surface area contributed by atoms with Crippen molar-refractivity contribution in [2.75, 3.05) is 31.1 Å². The Bertz CT molecular complexity index is 523. The van der Waals surface area contributed by atoms with Crippen LogP contribution in [-0.4, -0.2) is 43.2 Å². The zero-order chi connectivity index (χ0) is 15.5. The first-order valence-corrected chi connectivity index (χ1v) is 8.52. The number of nitrogens with one attached hydrogen (secondary N) is 1. The van der Waals surface area contributed by atoms with E-state index in [0.29, 0.717) is 0 Å². The first-order chi connectivity index (χ1) is 10.6. The molecule has 1 aromatic rings. The van der Waals surface area contributed by atoms with Gasteiger partial charge in [-0.05, 0) is 56.8 Å². The molecule has 0 bridgehead atoms. The summed E-state index contributed by atoms with van der Waals surface area (Å²) in [6.45, 7) is 8.47. The molecule has 0 saturated carbocycles. The molecular formula is C18H27N3O. The molecule has 4 heteroatoms. The van der Waals surface area contributed by atoms with Crippen LogP contribution in [0.15, 0.2) is 24.3 Å². The lowest BCUT2D eigenvalue weighted by Crippen LogP contribution is -2.46. The van der Waals surface area contributed by atoms with E-state index in [4.69, 9.17) is 0 Å². The van der Waals surface area contributed by atoms with Crippen LogP contribution in [-0.2, 0) is 6.42 Å². The number of anilines is 1. The maximum Gasteiger partial charge on any atom is 0.322 e. The standard InChI is InChI=1S/C18H27N3O/c1-14-7-10-20(11-8-14)12-9-19-18(22)21-15(2)13-16-5-3-4-6-17(16)21/h3-6,14-15H,7-13H2,1-2H3,(H,19,22). The second-order valence-corrected chi connectivity index (χ2v) is 6.81. The van der Waals surface area contributed by atoms with Gasteiger partial charge in [-0.3, -0.25) is 4.90 Å². The Balaban J connectivity index is 1.50. The van der Waals surface area contributed by atoms with Crippen LogP contribution >= 0.6 is 0 Å². The van der Waals surface area contributed by atoms with E-state index in [-0.39, 0.29) is 12.1 Å². The lowest BCUT2D eigenvalue weighted by Gasteiger charge is -2.30. The number of likely N-dealkylation sites (tertiary alicyclic amines) is 1. The van der Waals surface area contributed by atoms with E-state index in [2.05, 4.69) is 30.1 Å². The van der Waals surface area contributed by atoms with Crippen LogP contribution in [0.4, 0.5) is 10.5 Å². The van der Waals surface area contributed by atoms with Crippen molar-refractivity contribution in [3.63, 3.8) is 0 Å². The average molecular weight is 301 g/mol. The molecule has 3 rings (SSSR count). The van der Waals surface area contributed by atoms with E-state index in [1.807, 2.05) is 23.1 Å². The van der Waals surface area contributed by atoms with Gasteiger partial charge in [0.15, 0.2) is 0 Å².